The summed E-state index contributed by atoms with van der Waals surface area (Å²) in [6.07, 6.45) is 4.97. The first-order valence-electron chi connectivity index (χ1n) is 8.03. The molecule has 3 N–H and O–H groups in total. The van der Waals surface area contributed by atoms with Gasteiger partial charge in [-0.3, -0.25) is 0 Å². The lowest BCUT2D eigenvalue weighted by molar-refractivity contribution is 0.105. The van der Waals surface area contributed by atoms with E-state index < -0.39 is 15.9 Å². The lowest BCUT2D eigenvalue weighted by atomic mass is 10.2. The average molecular weight is 342 g/mol. The molecule has 0 aliphatic carbocycles. The summed E-state index contributed by atoms with van der Waals surface area (Å²) in [6.45, 7) is 1.67. The van der Waals surface area contributed by atoms with Gasteiger partial charge in [-0.05, 0) is 31.0 Å². The van der Waals surface area contributed by atoms with Crippen molar-refractivity contribution in [1.82, 2.24) is 0 Å². The lowest BCUT2D eigenvalue weighted by Crippen LogP contribution is -2.25. The molecule has 1 aliphatic rings. The second kappa shape index (κ2) is 7.99. The Balaban J connectivity index is 2.28. The summed E-state index contributed by atoms with van der Waals surface area (Å²) in [5, 5.41) is 21.4. The highest BCUT2D eigenvalue weighted by atomic mass is 32.2. The van der Waals surface area contributed by atoms with Crippen LogP contribution in [0.5, 0.6) is 0 Å². The van der Waals surface area contributed by atoms with Gasteiger partial charge < -0.3 is 20.4 Å². The monoisotopic (exact) mass is 342 g/mol. The molecule has 1 atom stereocenters. The van der Waals surface area contributed by atoms with Crippen molar-refractivity contribution in [3.8, 4) is 0 Å². The molecule has 1 aromatic carbocycles. The molecule has 1 fully saturated rings. The first kappa shape index (κ1) is 18.0. The van der Waals surface area contributed by atoms with Gasteiger partial charge in [0, 0.05) is 31.6 Å². The SMILES string of the molecule is CS(=O)(=O)c1ccc(N2CCCCCC2)cc1NCC(O)CO. The van der Waals surface area contributed by atoms with Gasteiger partial charge in [0.2, 0.25) is 0 Å². The van der Waals surface area contributed by atoms with Crippen LogP contribution in [-0.2, 0) is 9.84 Å². The van der Waals surface area contributed by atoms with Gasteiger partial charge in [0.25, 0.3) is 0 Å². The fourth-order valence-corrected chi connectivity index (χ4v) is 3.64. The molecule has 0 bridgehead atoms. The zero-order valence-electron chi connectivity index (χ0n) is 13.5. The van der Waals surface area contributed by atoms with Crippen molar-refractivity contribution in [1.29, 1.82) is 0 Å². The first-order valence-corrected chi connectivity index (χ1v) is 9.93. The third-order valence-corrected chi connectivity index (χ3v) is 5.23. The molecule has 23 heavy (non-hydrogen) atoms. The Morgan fingerprint density at radius 2 is 1.87 bits per heavy atom. The Bertz CT molecular complexity index is 611. The van der Waals surface area contributed by atoms with Gasteiger partial charge in [0.15, 0.2) is 9.84 Å². The predicted molar refractivity (Wildman–Crippen MR) is 91.8 cm³/mol. The number of aliphatic hydroxyl groups is 2. The van der Waals surface area contributed by atoms with Gasteiger partial charge in [-0.15, -0.1) is 0 Å². The zero-order valence-corrected chi connectivity index (χ0v) is 14.3. The number of nitrogens with one attached hydrogen (secondary N) is 1. The summed E-state index contributed by atoms with van der Waals surface area (Å²) < 4.78 is 23.9. The van der Waals surface area contributed by atoms with Crippen molar-refractivity contribution in [2.45, 2.75) is 36.7 Å². The maximum Gasteiger partial charge on any atom is 0.177 e. The topological polar surface area (TPSA) is 89.9 Å². The van der Waals surface area contributed by atoms with Crippen molar-refractivity contribution in [2.24, 2.45) is 0 Å². The van der Waals surface area contributed by atoms with E-state index in [0.717, 1.165) is 31.6 Å². The minimum Gasteiger partial charge on any atom is -0.394 e. The van der Waals surface area contributed by atoms with Gasteiger partial charge in [-0.25, -0.2) is 8.42 Å². The molecule has 1 aliphatic heterocycles. The average Bonchev–Trinajstić information content (AvgIpc) is 2.80. The summed E-state index contributed by atoms with van der Waals surface area (Å²) in [5.74, 6) is 0. The van der Waals surface area contributed by atoms with E-state index in [1.54, 1.807) is 6.07 Å². The highest BCUT2D eigenvalue weighted by Gasteiger charge is 2.17. The van der Waals surface area contributed by atoms with Crippen LogP contribution in [0.15, 0.2) is 23.1 Å². The molecule has 2 rings (SSSR count). The summed E-state index contributed by atoms with van der Waals surface area (Å²) in [7, 11) is -3.37. The molecule has 7 heteroatoms. The van der Waals surface area contributed by atoms with E-state index in [2.05, 4.69) is 10.2 Å². The molecule has 0 spiro atoms. The van der Waals surface area contributed by atoms with Crippen LogP contribution in [0.25, 0.3) is 0 Å². The third-order valence-electron chi connectivity index (χ3n) is 4.07. The molecule has 0 radical (unpaired) electrons. The smallest absolute Gasteiger partial charge is 0.177 e. The summed E-state index contributed by atoms with van der Waals surface area (Å²) in [6, 6.07) is 5.28. The minimum absolute atomic E-state index is 0.0997. The largest absolute Gasteiger partial charge is 0.394 e. The van der Waals surface area contributed by atoms with Crippen LogP contribution in [0, 0.1) is 0 Å². The van der Waals surface area contributed by atoms with Gasteiger partial charge >= 0.3 is 0 Å². The van der Waals surface area contributed by atoms with Crippen LogP contribution in [0.3, 0.4) is 0 Å². The van der Waals surface area contributed by atoms with Crippen molar-refractivity contribution in [3.63, 3.8) is 0 Å². The second-order valence-electron chi connectivity index (χ2n) is 6.07. The minimum atomic E-state index is -3.37. The van der Waals surface area contributed by atoms with Gasteiger partial charge in [-0.2, -0.15) is 0 Å². The molecule has 6 nitrogen and oxygen atoms in total. The van der Waals surface area contributed by atoms with E-state index in [9.17, 15) is 13.5 Å². The molecule has 1 saturated heterocycles. The maximum absolute atomic E-state index is 11.9. The van der Waals surface area contributed by atoms with Crippen LogP contribution in [-0.4, -0.2) is 57.2 Å². The van der Waals surface area contributed by atoms with Crippen molar-refractivity contribution in [2.75, 3.05) is 42.7 Å². The lowest BCUT2D eigenvalue weighted by Gasteiger charge is -2.24. The van der Waals surface area contributed by atoms with E-state index in [1.807, 2.05) is 12.1 Å². The summed E-state index contributed by atoms with van der Waals surface area (Å²) >= 11 is 0. The number of hydrogen-bond acceptors (Lipinski definition) is 6. The quantitative estimate of drug-likeness (QED) is 0.721. The Hall–Kier alpha value is -1.31. The Morgan fingerprint density at radius 3 is 2.43 bits per heavy atom. The number of nitrogens with zero attached hydrogens (tertiary/aromatic N) is 1. The third kappa shape index (κ3) is 5.09. The molecular formula is C16H26N2O4S. The van der Waals surface area contributed by atoms with Crippen LogP contribution in [0.4, 0.5) is 11.4 Å². The molecule has 0 aromatic heterocycles. The van der Waals surface area contributed by atoms with E-state index in [0.29, 0.717) is 5.69 Å². The van der Waals surface area contributed by atoms with Crippen molar-refractivity contribution >= 4 is 21.2 Å². The highest BCUT2D eigenvalue weighted by Crippen LogP contribution is 2.28. The fourth-order valence-electron chi connectivity index (χ4n) is 2.80. The Kier molecular flexibility index (Phi) is 6.26. The van der Waals surface area contributed by atoms with E-state index in [4.69, 9.17) is 5.11 Å². The molecule has 1 unspecified atom stereocenters. The van der Waals surface area contributed by atoms with Crippen molar-refractivity contribution in [3.05, 3.63) is 18.2 Å². The summed E-state index contributed by atoms with van der Waals surface area (Å²) in [4.78, 5) is 2.48. The van der Waals surface area contributed by atoms with Gasteiger partial charge in [0.1, 0.15) is 0 Å². The zero-order chi connectivity index (χ0) is 16.9. The first-order chi connectivity index (χ1) is 10.9. The number of sulfone groups is 1. The normalized spacial score (nSPS) is 17.6. The van der Waals surface area contributed by atoms with E-state index in [-0.39, 0.29) is 18.0 Å². The number of benzene rings is 1. The maximum atomic E-state index is 11.9. The van der Waals surface area contributed by atoms with Crippen LogP contribution in [0.2, 0.25) is 0 Å². The number of aliphatic hydroxyl groups excluding tert-OH is 2. The van der Waals surface area contributed by atoms with E-state index in [1.165, 1.54) is 19.1 Å². The van der Waals surface area contributed by atoms with Crippen LogP contribution >= 0.6 is 0 Å². The molecular weight excluding hydrogens is 316 g/mol. The Morgan fingerprint density at radius 1 is 1.22 bits per heavy atom. The van der Waals surface area contributed by atoms with Crippen molar-refractivity contribution < 1.29 is 18.6 Å². The Labute approximate surface area is 138 Å². The second-order valence-corrected chi connectivity index (χ2v) is 8.06. The van der Waals surface area contributed by atoms with Crippen LogP contribution < -0.4 is 10.2 Å². The van der Waals surface area contributed by atoms with E-state index >= 15 is 0 Å². The predicted octanol–water partition coefficient (Wildman–Crippen LogP) is 1.24. The van der Waals surface area contributed by atoms with Gasteiger partial charge in [0.05, 0.1) is 23.3 Å². The standard InChI is InChI=1S/C16H26N2O4S/c1-23(21,22)16-7-6-13(18-8-4-2-3-5-9-18)10-15(16)17-11-14(20)12-19/h6-7,10,14,17,19-20H,2-5,8-9,11-12H2,1H3. The molecule has 1 heterocycles. The number of hydrogen-bond donors (Lipinski definition) is 3. The molecule has 0 amide bonds. The summed E-state index contributed by atoms with van der Waals surface area (Å²) in [5.41, 5.74) is 1.46. The van der Waals surface area contributed by atoms with Crippen LogP contribution in [0.1, 0.15) is 25.7 Å². The van der Waals surface area contributed by atoms with Gasteiger partial charge in [-0.1, -0.05) is 12.8 Å². The molecule has 130 valence electrons. The molecule has 0 saturated carbocycles. The fraction of sp³-hybridized carbons (Fsp3) is 0.625. The number of anilines is 2. The number of rotatable bonds is 6. The highest BCUT2D eigenvalue weighted by molar-refractivity contribution is 7.90. The molecule has 1 aromatic rings.